The summed E-state index contributed by atoms with van der Waals surface area (Å²) in [4.78, 5) is 31.0. The summed E-state index contributed by atoms with van der Waals surface area (Å²) < 4.78 is 5.06. The van der Waals surface area contributed by atoms with Crippen molar-refractivity contribution in [1.82, 2.24) is 0 Å². The molecule has 2 aromatic rings. The zero-order valence-electron chi connectivity index (χ0n) is 18.6. The number of unbranched alkanes of at least 4 members (excludes halogenated alkanes) is 1. The maximum Gasteiger partial charge on any atom is 0.320 e. The molecule has 9 heteroatoms. The maximum absolute atomic E-state index is 10.6. The Bertz CT molecular complexity index is 789. The average molecular weight is 447 g/mol. The molecule has 0 aliphatic rings. The van der Waals surface area contributed by atoms with Gasteiger partial charge in [-0.1, -0.05) is 24.6 Å². The number of hydrogen-bond acceptors (Lipinski definition) is 7. The first kappa shape index (κ1) is 28.7. The molecule has 0 heterocycles. The lowest BCUT2D eigenvalue weighted by Gasteiger charge is -2.03. The number of para-hydroxylation sites is 1. The van der Waals surface area contributed by atoms with Gasteiger partial charge in [0.25, 0.3) is 0 Å². The number of benzene rings is 2. The predicted molar refractivity (Wildman–Crippen MR) is 126 cm³/mol. The molecular weight excluding hydrogens is 412 g/mol. The highest BCUT2D eigenvalue weighted by atomic mass is 16.5. The number of nitrogens with two attached hydrogens (primary N) is 3. The van der Waals surface area contributed by atoms with Gasteiger partial charge >= 0.3 is 5.97 Å². The fourth-order valence-electron chi connectivity index (χ4n) is 2.35. The van der Waals surface area contributed by atoms with E-state index in [1.807, 2.05) is 24.3 Å². The molecule has 32 heavy (non-hydrogen) atoms. The molecule has 0 aliphatic carbocycles. The van der Waals surface area contributed by atoms with Gasteiger partial charge in [-0.15, -0.1) is 0 Å². The van der Waals surface area contributed by atoms with Gasteiger partial charge in [-0.3, -0.25) is 14.4 Å². The van der Waals surface area contributed by atoms with Crippen LogP contribution in [0.1, 0.15) is 42.1 Å². The van der Waals surface area contributed by atoms with Crippen molar-refractivity contribution in [2.24, 2.45) is 17.2 Å². The second kappa shape index (κ2) is 17.4. The summed E-state index contributed by atoms with van der Waals surface area (Å²) in [5, 5.41) is 10.9. The molecule has 2 aromatic carbocycles. The molecule has 0 bridgehead atoms. The molecule has 1 amide bonds. The monoisotopic (exact) mass is 446 g/mol. The molecule has 0 spiro atoms. The van der Waals surface area contributed by atoms with Crippen molar-refractivity contribution in [3.8, 4) is 5.75 Å². The summed E-state index contributed by atoms with van der Waals surface area (Å²) >= 11 is 0. The molecule has 0 aliphatic heterocycles. The second-order valence-corrected chi connectivity index (χ2v) is 6.67. The Hall–Kier alpha value is -3.27. The van der Waals surface area contributed by atoms with Crippen LogP contribution in [0.25, 0.3) is 0 Å². The van der Waals surface area contributed by atoms with Gasteiger partial charge in [-0.2, -0.15) is 0 Å². The first-order valence-corrected chi connectivity index (χ1v) is 10.1. The standard InChI is InChI=1S/C9H9NO2.C8H11NO.C6H14N2O2/c1-7(12)10-9-4-2-8(6-11)3-5-9;1-10-8-5-3-2-4-7(8)6-9;7-4-2-1-3-5(8)6(9)10/h2-6H,1H3,(H,10,12);2-5H,6,9H2,1H3;5H,1-4,7-8H2,(H,9,10)/t;;5-/m..1/s1. The highest BCUT2D eigenvalue weighted by Crippen LogP contribution is 2.15. The van der Waals surface area contributed by atoms with E-state index in [1.54, 1.807) is 31.4 Å². The van der Waals surface area contributed by atoms with Gasteiger partial charge in [0.05, 0.1) is 7.11 Å². The second-order valence-electron chi connectivity index (χ2n) is 6.67. The topological polar surface area (TPSA) is 171 Å². The van der Waals surface area contributed by atoms with Gasteiger partial charge in [0.15, 0.2) is 0 Å². The van der Waals surface area contributed by atoms with E-state index in [2.05, 4.69) is 5.32 Å². The Morgan fingerprint density at radius 1 is 1.09 bits per heavy atom. The number of carbonyl (C=O) groups excluding carboxylic acids is 2. The lowest BCUT2D eigenvalue weighted by atomic mass is 10.1. The van der Waals surface area contributed by atoms with Gasteiger partial charge in [0.1, 0.15) is 18.1 Å². The number of nitrogens with one attached hydrogen (secondary N) is 1. The van der Waals surface area contributed by atoms with E-state index in [0.29, 0.717) is 30.8 Å². The molecule has 8 N–H and O–H groups in total. The van der Waals surface area contributed by atoms with Gasteiger partial charge in [0, 0.05) is 30.3 Å². The van der Waals surface area contributed by atoms with E-state index in [0.717, 1.165) is 30.4 Å². The third-order valence-corrected chi connectivity index (χ3v) is 4.07. The minimum absolute atomic E-state index is 0.117. The van der Waals surface area contributed by atoms with Gasteiger partial charge in [0.2, 0.25) is 5.91 Å². The van der Waals surface area contributed by atoms with Crippen LogP contribution in [-0.4, -0.2) is 43.0 Å². The number of methoxy groups -OCH3 is 1. The molecule has 9 nitrogen and oxygen atoms in total. The minimum Gasteiger partial charge on any atom is -0.496 e. The summed E-state index contributed by atoms with van der Waals surface area (Å²) in [7, 11) is 1.65. The zero-order valence-corrected chi connectivity index (χ0v) is 18.6. The number of rotatable bonds is 9. The van der Waals surface area contributed by atoms with E-state index < -0.39 is 12.0 Å². The molecule has 0 fully saturated rings. The van der Waals surface area contributed by atoms with Crippen molar-refractivity contribution in [1.29, 1.82) is 0 Å². The number of amides is 1. The smallest absolute Gasteiger partial charge is 0.320 e. The summed E-state index contributed by atoms with van der Waals surface area (Å²) in [6, 6.07) is 13.7. The predicted octanol–water partition coefficient (Wildman–Crippen LogP) is 2.14. The number of hydrogen-bond donors (Lipinski definition) is 5. The normalized spacial score (nSPS) is 10.4. The van der Waals surface area contributed by atoms with E-state index in [-0.39, 0.29) is 5.91 Å². The van der Waals surface area contributed by atoms with E-state index >= 15 is 0 Å². The quantitative estimate of drug-likeness (QED) is 0.288. The van der Waals surface area contributed by atoms with Crippen LogP contribution in [0.2, 0.25) is 0 Å². The first-order valence-electron chi connectivity index (χ1n) is 10.1. The van der Waals surface area contributed by atoms with Crippen molar-refractivity contribution < 1.29 is 24.2 Å². The largest absolute Gasteiger partial charge is 0.496 e. The van der Waals surface area contributed by atoms with Crippen LogP contribution in [0.3, 0.4) is 0 Å². The lowest BCUT2D eigenvalue weighted by Crippen LogP contribution is -2.29. The van der Waals surface area contributed by atoms with Crippen molar-refractivity contribution in [2.75, 3.05) is 19.0 Å². The average Bonchev–Trinajstić information content (AvgIpc) is 2.80. The maximum atomic E-state index is 10.6. The highest BCUT2D eigenvalue weighted by Gasteiger charge is 2.09. The summed E-state index contributed by atoms with van der Waals surface area (Å²) in [6.07, 6.45) is 2.93. The summed E-state index contributed by atoms with van der Waals surface area (Å²) in [6.45, 7) is 2.57. The Labute approximate surface area is 188 Å². The zero-order chi connectivity index (χ0) is 24.4. The Balaban J connectivity index is 0.000000454. The third-order valence-electron chi connectivity index (χ3n) is 4.07. The van der Waals surface area contributed by atoms with Crippen LogP contribution in [0.5, 0.6) is 5.75 Å². The Morgan fingerprint density at radius 3 is 2.16 bits per heavy atom. The lowest BCUT2D eigenvalue weighted by molar-refractivity contribution is -0.138. The molecule has 0 aromatic heterocycles. The molecular formula is C23H34N4O5. The molecule has 0 unspecified atom stereocenters. The van der Waals surface area contributed by atoms with E-state index in [4.69, 9.17) is 27.0 Å². The van der Waals surface area contributed by atoms with Crippen molar-refractivity contribution in [2.45, 2.75) is 38.8 Å². The Kier molecular flexibility index (Phi) is 15.6. The van der Waals surface area contributed by atoms with Crippen LogP contribution < -0.4 is 27.3 Å². The molecule has 0 saturated carbocycles. The van der Waals surface area contributed by atoms with Crippen LogP contribution in [-0.2, 0) is 16.1 Å². The number of carboxylic acids is 1. The number of carbonyl (C=O) groups is 3. The molecule has 176 valence electrons. The number of aldehydes is 1. The number of ether oxygens (including phenoxy) is 1. The SMILES string of the molecule is CC(=O)Nc1ccc(C=O)cc1.COc1ccccc1CN.NCCCC[C@@H](N)C(=O)O. The molecule has 0 radical (unpaired) electrons. The van der Waals surface area contributed by atoms with Gasteiger partial charge < -0.3 is 32.4 Å². The van der Waals surface area contributed by atoms with E-state index in [9.17, 15) is 14.4 Å². The summed E-state index contributed by atoms with van der Waals surface area (Å²) in [5.41, 5.74) is 18.2. The van der Waals surface area contributed by atoms with Crippen LogP contribution >= 0.6 is 0 Å². The van der Waals surface area contributed by atoms with E-state index in [1.165, 1.54) is 6.92 Å². The fraction of sp³-hybridized carbons (Fsp3) is 0.348. The van der Waals surface area contributed by atoms with Crippen molar-refractivity contribution in [3.63, 3.8) is 0 Å². The van der Waals surface area contributed by atoms with Gasteiger partial charge in [-0.25, -0.2) is 0 Å². The van der Waals surface area contributed by atoms with Crippen molar-refractivity contribution >= 4 is 23.9 Å². The fourth-order valence-corrected chi connectivity index (χ4v) is 2.35. The Morgan fingerprint density at radius 2 is 1.72 bits per heavy atom. The highest BCUT2D eigenvalue weighted by molar-refractivity contribution is 5.89. The molecule has 2 rings (SSSR count). The molecule has 0 saturated heterocycles. The minimum atomic E-state index is -0.933. The van der Waals surface area contributed by atoms with Crippen LogP contribution in [0.4, 0.5) is 5.69 Å². The number of carboxylic acid groups (broad SMARTS) is 1. The van der Waals surface area contributed by atoms with Crippen LogP contribution in [0.15, 0.2) is 48.5 Å². The van der Waals surface area contributed by atoms with Crippen molar-refractivity contribution in [3.05, 3.63) is 59.7 Å². The molecule has 1 atom stereocenters. The van der Waals surface area contributed by atoms with Gasteiger partial charge in [-0.05, 0) is 49.7 Å². The number of anilines is 1. The third kappa shape index (κ3) is 13.1. The first-order chi connectivity index (χ1) is 15.3. The van der Waals surface area contributed by atoms with Crippen LogP contribution in [0, 0.1) is 0 Å². The number of aliphatic carboxylic acids is 1. The summed E-state index contributed by atoms with van der Waals surface area (Å²) in [5.74, 6) is -0.184.